The van der Waals surface area contributed by atoms with Gasteiger partial charge in [-0.25, -0.2) is 9.59 Å². The molecule has 148 valence electrons. The van der Waals surface area contributed by atoms with Gasteiger partial charge in [-0.2, -0.15) is 0 Å². The summed E-state index contributed by atoms with van der Waals surface area (Å²) in [5, 5.41) is 0.610. The topological polar surface area (TPSA) is 91.8 Å². The third-order valence-electron chi connectivity index (χ3n) is 4.80. The molecule has 3 aromatic rings. The number of esters is 1. The molecule has 1 aromatic heterocycles. The average Bonchev–Trinajstić information content (AvgIpc) is 2.73. The molecule has 1 atom stereocenters. The number of hydrogen-bond donors (Lipinski definition) is 1. The summed E-state index contributed by atoms with van der Waals surface area (Å²) < 4.78 is 16.5. The van der Waals surface area contributed by atoms with E-state index in [-0.39, 0.29) is 23.6 Å². The number of carbonyl (C=O) groups is 1. The van der Waals surface area contributed by atoms with Gasteiger partial charge in [-0.1, -0.05) is 24.3 Å². The number of thioether (sulfide) groups is 1. The quantitative estimate of drug-likeness (QED) is 0.398. The van der Waals surface area contributed by atoms with E-state index in [0.29, 0.717) is 16.7 Å². The van der Waals surface area contributed by atoms with Crippen LogP contribution in [0.25, 0.3) is 11.0 Å². The molecule has 0 fully saturated rings. The van der Waals surface area contributed by atoms with E-state index in [2.05, 4.69) is 0 Å². The molecular formula is C22H19NO5S. The first kappa shape index (κ1) is 19.1. The Morgan fingerprint density at radius 3 is 2.59 bits per heavy atom. The minimum atomic E-state index is -0.755. The summed E-state index contributed by atoms with van der Waals surface area (Å²) in [7, 11) is 0. The first-order valence-corrected chi connectivity index (χ1v) is 10.3. The van der Waals surface area contributed by atoms with E-state index < -0.39 is 17.5 Å². The van der Waals surface area contributed by atoms with Crippen molar-refractivity contribution >= 4 is 28.7 Å². The van der Waals surface area contributed by atoms with Gasteiger partial charge in [0.1, 0.15) is 11.2 Å². The zero-order valence-corrected chi connectivity index (χ0v) is 16.7. The summed E-state index contributed by atoms with van der Waals surface area (Å²) in [6, 6.07) is 14.6. The highest BCUT2D eigenvalue weighted by atomic mass is 32.2. The summed E-state index contributed by atoms with van der Waals surface area (Å²) in [4.78, 5) is 26.7. The molecule has 0 saturated heterocycles. The van der Waals surface area contributed by atoms with Crippen LogP contribution in [0.2, 0.25) is 0 Å². The summed E-state index contributed by atoms with van der Waals surface area (Å²) in [6.45, 7) is 1.88. The smallest absolute Gasteiger partial charge is 0.344 e. The largest absolute Gasteiger partial charge is 0.462 e. The van der Waals surface area contributed by atoms with Crippen LogP contribution < -0.4 is 16.1 Å². The molecule has 7 heteroatoms. The van der Waals surface area contributed by atoms with Crippen LogP contribution in [0.5, 0.6) is 5.75 Å². The molecule has 6 nitrogen and oxygen atoms in total. The number of rotatable bonds is 4. The molecule has 0 bridgehead atoms. The number of fused-ring (bicyclic) bond motifs is 3. The third-order valence-corrected chi connectivity index (χ3v) is 5.54. The second-order valence-electron chi connectivity index (χ2n) is 6.44. The maximum Gasteiger partial charge on any atom is 0.344 e. The van der Waals surface area contributed by atoms with E-state index in [4.69, 9.17) is 19.6 Å². The van der Waals surface area contributed by atoms with E-state index in [9.17, 15) is 9.59 Å². The second kappa shape index (κ2) is 7.67. The van der Waals surface area contributed by atoms with Gasteiger partial charge in [0.25, 0.3) is 0 Å². The van der Waals surface area contributed by atoms with Gasteiger partial charge in [-0.15, -0.1) is 11.8 Å². The Labute approximate surface area is 171 Å². The zero-order valence-electron chi connectivity index (χ0n) is 15.9. The maximum atomic E-state index is 13.0. The minimum absolute atomic E-state index is 0.0781. The highest BCUT2D eigenvalue weighted by Gasteiger charge is 2.39. The molecule has 0 amide bonds. The molecule has 0 spiro atoms. The van der Waals surface area contributed by atoms with Gasteiger partial charge in [0, 0.05) is 4.90 Å². The number of para-hydroxylation sites is 1. The lowest BCUT2D eigenvalue weighted by atomic mass is 9.83. The Kier molecular flexibility index (Phi) is 5.07. The number of ether oxygens (including phenoxy) is 2. The Bertz CT molecular complexity index is 1180. The molecule has 0 saturated carbocycles. The summed E-state index contributed by atoms with van der Waals surface area (Å²) in [6.07, 6.45) is 1.97. The molecule has 1 aliphatic heterocycles. The summed E-state index contributed by atoms with van der Waals surface area (Å²) in [5.41, 5.74) is 7.04. The molecule has 0 radical (unpaired) electrons. The Hall–Kier alpha value is -3.19. The molecule has 2 N–H and O–H groups in total. The third kappa shape index (κ3) is 3.27. The van der Waals surface area contributed by atoms with Crippen LogP contribution in [-0.2, 0) is 9.53 Å². The predicted octanol–water partition coefficient (Wildman–Crippen LogP) is 3.77. The molecular weight excluding hydrogens is 390 g/mol. The summed E-state index contributed by atoms with van der Waals surface area (Å²) in [5.74, 6) is -1.15. The van der Waals surface area contributed by atoms with Crippen LogP contribution >= 0.6 is 11.8 Å². The van der Waals surface area contributed by atoms with Crippen molar-refractivity contribution in [2.75, 3.05) is 12.9 Å². The standard InChI is InChI=1S/C22H19NO5S/c1-3-26-21(24)18-16(12-8-10-13(29-2)11-9-12)17-19(28-20(18)23)14-6-4-5-7-15(14)27-22(17)25/h4-11,16H,3,23H2,1-2H3. The van der Waals surface area contributed by atoms with E-state index in [1.807, 2.05) is 36.6 Å². The van der Waals surface area contributed by atoms with Gasteiger partial charge in [-0.05, 0) is 43.0 Å². The van der Waals surface area contributed by atoms with E-state index in [1.165, 1.54) is 0 Å². The Morgan fingerprint density at radius 2 is 1.90 bits per heavy atom. The lowest BCUT2D eigenvalue weighted by Crippen LogP contribution is -2.31. The zero-order chi connectivity index (χ0) is 20.5. The Balaban J connectivity index is 2.01. The van der Waals surface area contributed by atoms with Crippen LogP contribution in [0.1, 0.15) is 24.0 Å². The molecule has 1 aliphatic rings. The van der Waals surface area contributed by atoms with E-state index >= 15 is 0 Å². The summed E-state index contributed by atoms with van der Waals surface area (Å²) >= 11 is 1.60. The predicted molar refractivity (Wildman–Crippen MR) is 111 cm³/mol. The molecule has 1 unspecified atom stereocenters. The van der Waals surface area contributed by atoms with Crippen LogP contribution in [-0.4, -0.2) is 18.8 Å². The molecule has 2 aromatic carbocycles. The molecule has 2 heterocycles. The van der Waals surface area contributed by atoms with Crippen molar-refractivity contribution < 1.29 is 18.7 Å². The molecule has 29 heavy (non-hydrogen) atoms. The Morgan fingerprint density at radius 1 is 1.17 bits per heavy atom. The van der Waals surface area contributed by atoms with Gasteiger partial charge >= 0.3 is 11.6 Å². The first-order valence-electron chi connectivity index (χ1n) is 9.09. The van der Waals surface area contributed by atoms with Crippen molar-refractivity contribution in [3.8, 4) is 5.75 Å². The number of hydrogen-bond acceptors (Lipinski definition) is 7. The fraction of sp³-hybridized carbons (Fsp3) is 0.182. The first-order chi connectivity index (χ1) is 14.0. The molecule has 4 rings (SSSR count). The van der Waals surface area contributed by atoms with Crippen LogP contribution in [0, 0.1) is 0 Å². The van der Waals surface area contributed by atoms with Crippen LogP contribution in [0.3, 0.4) is 0 Å². The normalized spacial score (nSPS) is 15.7. The number of nitrogens with two attached hydrogens (primary N) is 1. The number of carbonyl (C=O) groups excluding carboxylic acids is 1. The minimum Gasteiger partial charge on any atom is -0.462 e. The van der Waals surface area contributed by atoms with E-state index in [0.717, 1.165) is 10.5 Å². The highest BCUT2D eigenvalue weighted by molar-refractivity contribution is 7.98. The van der Waals surface area contributed by atoms with Gasteiger partial charge in [0.2, 0.25) is 5.88 Å². The van der Waals surface area contributed by atoms with Gasteiger partial charge in [0.05, 0.1) is 23.5 Å². The fourth-order valence-corrected chi connectivity index (χ4v) is 3.91. The van der Waals surface area contributed by atoms with Gasteiger partial charge < -0.3 is 19.6 Å². The van der Waals surface area contributed by atoms with Crippen molar-refractivity contribution in [2.45, 2.75) is 17.7 Å². The fourth-order valence-electron chi connectivity index (χ4n) is 3.50. The van der Waals surface area contributed by atoms with Gasteiger partial charge in [0.15, 0.2) is 5.75 Å². The van der Waals surface area contributed by atoms with Crippen LogP contribution in [0.4, 0.5) is 0 Å². The average molecular weight is 409 g/mol. The van der Waals surface area contributed by atoms with Crippen molar-refractivity contribution in [3.63, 3.8) is 0 Å². The van der Waals surface area contributed by atoms with Crippen molar-refractivity contribution in [2.24, 2.45) is 5.73 Å². The molecule has 0 aliphatic carbocycles. The lowest BCUT2D eigenvalue weighted by Gasteiger charge is -2.28. The lowest BCUT2D eigenvalue weighted by molar-refractivity contribution is -0.139. The maximum absolute atomic E-state index is 13.0. The van der Waals surface area contributed by atoms with Crippen molar-refractivity contribution in [3.05, 3.63) is 81.5 Å². The monoisotopic (exact) mass is 409 g/mol. The number of benzene rings is 2. The van der Waals surface area contributed by atoms with Crippen LogP contribution in [0.15, 0.2) is 74.1 Å². The van der Waals surface area contributed by atoms with E-state index in [1.54, 1.807) is 36.9 Å². The SMILES string of the molecule is CCOC(=O)C1=C(N)Oc2c(c(=O)oc3ccccc23)C1c1ccc(SC)cc1. The second-order valence-corrected chi connectivity index (χ2v) is 7.31. The van der Waals surface area contributed by atoms with Crippen molar-refractivity contribution in [1.29, 1.82) is 0 Å². The van der Waals surface area contributed by atoms with Gasteiger partial charge in [-0.3, -0.25) is 0 Å². The van der Waals surface area contributed by atoms with Crippen molar-refractivity contribution in [1.82, 2.24) is 0 Å². The highest BCUT2D eigenvalue weighted by Crippen LogP contribution is 2.44.